The summed E-state index contributed by atoms with van der Waals surface area (Å²) < 4.78 is 59.7. The minimum absolute atomic E-state index is 0.0736. The quantitative estimate of drug-likeness (QED) is 0.0764. The maximum Gasteiger partial charge on any atom is 0.293 e. The lowest BCUT2D eigenvalue weighted by Gasteiger charge is -2.39. The van der Waals surface area contributed by atoms with Crippen LogP contribution in [0.5, 0.6) is 11.5 Å². The number of hydrogen-bond acceptors (Lipinski definition) is 11. The lowest BCUT2D eigenvalue weighted by atomic mass is 9.72. The molecule has 2 aromatic heterocycles. The largest absolute Gasteiger partial charge is 0.455 e. The van der Waals surface area contributed by atoms with Crippen LogP contribution in [0.25, 0.3) is 16.6 Å². The number of benzene rings is 3. The third kappa shape index (κ3) is 10.0. The van der Waals surface area contributed by atoms with Gasteiger partial charge in [0.25, 0.3) is 21.6 Å². The molecular weight excluding hydrogens is 818 g/mol. The van der Waals surface area contributed by atoms with Crippen molar-refractivity contribution in [2.24, 2.45) is 11.3 Å². The molecule has 320 valence electrons. The molecule has 0 radical (unpaired) electrons. The molecule has 61 heavy (non-hydrogen) atoms. The van der Waals surface area contributed by atoms with E-state index in [9.17, 15) is 26.1 Å². The molecule has 3 aliphatic rings. The molecule has 4 heterocycles. The minimum Gasteiger partial charge on any atom is -0.455 e. The van der Waals surface area contributed by atoms with E-state index in [1.807, 2.05) is 32.0 Å². The van der Waals surface area contributed by atoms with Gasteiger partial charge in [0.05, 0.1) is 21.6 Å². The molecule has 16 heteroatoms. The van der Waals surface area contributed by atoms with Gasteiger partial charge in [-0.1, -0.05) is 43.2 Å². The van der Waals surface area contributed by atoms with Crippen LogP contribution in [-0.4, -0.2) is 86.6 Å². The summed E-state index contributed by atoms with van der Waals surface area (Å²) in [6, 6.07) is 19.4. The summed E-state index contributed by atoms with van der Waals surface area (Å²) >= 11 is 6.22. The van der Waals surface area contributed by atoms with Gasteiger partial charge in [-0.3, -0.25) is 19.8 Å². The average molecular weight is 870 g/mol. The van der Waals surface area contributed by atoms with E-state index in [-0.39, 0.29) is 22.9 Å². The average Bonchev–Trinajstić information content (AvgIpc) is 3.73. The molecule has 5 aromatic rings. The number of pyridine rings is 1. The van der Waals surface area contributed by atoms with Crippen LogP contribution in [-0.2, 0) is 14.8 Å². The SMILES string of the molecule is [2H]C1([2H])C(c2ccc(Cl)cc2)=C(CN2CCN(c3ccc(C(=O)NS(=O)(=O)c4ccc(NCC5CCOCC5)c([N+](=O)[O-])c4)c(Oc4cnc5[nH]ccc5c4)c3)CC2)CCC1(C)C. The molecule has 8 rings (SSSR count). The number of nitro benzene ring substituents is 1. The van der Waals surface area contributed by atoms with Gasteiger partial charge in [-0.05, 0) is 103 Å². The van der Waals surface area contributed by atoms with Gasteiger partial charge in [-0.15, -0.1) is 0 Å². The van der Waals surface area contributed by atoms with Crippen molar-refractivity contribution < 1.29 is 30.4 Å². The maximum absolute atomic E-state index is 13.9. The van der Waals surface area contributed by atoms with Gasteiger partial charge in [-0.25, -0.2) is 18.1 Å². The van der Waals surface area contributed by atoms with E-state index in [1.54, 1.807) is 36.5 Å². The molecule has 0 unspecified atom stereocenters. The van der Waals surface area contributed by atoms with Crippen molar-refractivity contribution in [1.29, 1.82) is 0 Å². The summed E-state index contributed by atoms with van der Waals surface area (Å²) in [5.74, 6) is -0.318. The van der Waals surface area contributed by atoms with E-state index in [4.69, 9.17) is 21.1 Å². The Balaban J connectivity index is 1.02. The first kappa shape index (κ1) is 39.6. The first-order valence-electron chi connectivity index (χ1n) is 21.5. The first-order chi connectivity index (χ1) is 30.1. The number of piperazine rings is 1. The normalized spacial score (nSPS) is 19.0. The first-order valence-corrected chi connectivity index (χ1v) is 22.3. The lowest BCUT2D eigenvalue weighted by Crippen LogP contribution is -2.47. The molecule has 2 aliphatic heterocycles. The van der Waals surface area contributed by atoms with Gasteiger partial charge in [0.15, 0.2) is 0 Å². The number of aromatic amines is 1. The summed E-state index contributed by atoms with van der Waals surface area (Å²) in [5, 5.41) is 16.5. The molecule has 0 bridgehead atoms. The Bertz CT molecular complexity index is 2660. The Morgan fingerprint density at radius 3 is 2.59 bits per heavy atom. The highest BCUT2D eigenvalue weighted by Gasteiger charge is 2.31. The van der Waals surface area contributed by atoms with E-state index >= 15 is 0 Å². The third-order valence-electron chi connectivity index (χ3n) is 11.6. The number of rotatable bonds is 13. The number of halogens is 1. The highest BCUT2D eigenvalue weighted by Crippen LogP contribution is 2.43. The standard InChI is InChI=1S/C45H50ClN7O7S/c1-45(2)15-11-33(39(26-45)31-3-5-34(46)6-4-31)29-51-17-19-52(20-18-51)35-7-9-38(42(24-35)60-36-23-32-12-16-47-43(32)49-28-36)44(54)50-61(57,58)37-8-10-40(41(25-37)53(55)56)48-27-30-13-21-59-22-14-30/h3-10,12,16,23-25,28,30,48H,11,13-15,17-22,26-27,29H2,1-2H3,(H,47,49)(H,50,54)/i26D2. The second kappa shape index (κ2) is 17.9. The van der Waals surface area contributed by atoms with Crippen LogP contribution in [0.4, 0.5) is 17.1 Å². The summed E-state index contributed by atoms with van der Waals surface area (Å²) in [5.41, 5.74) is 3.17. The Morgan fingerprint density at radius 1 is 1.07 bits per heavy atom. The van der Waals surface area contributed by atoms with Gasteiger partial charge in [0.1, 0.15) is 22.8 Å². The van der Waals surface area contributed by atoms with Gasteiger partial charge >= 0.3 is 0 Å². The van der Waals surface area contributed by atoms with Crippen molar-refractivity contribution in [3.8, 4) is 11.5 Å². The van der Waals surface area contributed by atoms with E-state index in [2.05, 4.69) is 29.8 Å². The van der Waals surface area contributed by atoms with Crippen LogP contribution < -0.4 is 19.7 Å². The number of hydrogen-bond donors (Lipinski definition) is 3. The third-order valence-corrected chi connectivity index (χ3v) is 13.2. The van der Waals surface area contributed by atoms with Gasteiger partial charge in [0, 0.05) is 89.6 Å². The summed E-state index contributed by atoms with van der Waals surface area (Å²) in [4.78, 5) is 36.8. The Morgan fingerprint density at radius 2 is 1.84 bits per heavy atom. The number of anilines is 2. The number of nitrogens with one attached hydrogen (secondary N) is 3. The molecule has 2 saturated heterocycles. The number of carbonyl (C=O) groups is 1. The fourth-order valence-electron chi connectivity index (χ4n) is 8.06. The van der Waals surface area contributed by atoms with Gasteiger partial charge in [-0.2, -0.15) is 0 Å². The topological polar surface area (TPSA) is 172 Å². The van der Waals surface area contributed by atoms with Crippen molar-refractivity contribution in [2.45, 2.75) is 50.8 Å². The lowest BCUT2D eigenvalue weighted by molar-refractivity contribution is -0.384. The summed E-state index contributed by atoms with van der Waals surface area (Å²) in [6.07, 6.45) is 4.82. The zero-order valence-electron chi connectivity index (χ0n) is 36.1. The highest BCUT2D eigenvalue weighted by atomic mass is 35.5. The molecule has 1 amide bonds. The molecule has 3 aromatic carbocycles. The number of carbonyl (C=O) groups excluding carboxylic acids is 1. The fourth-order valence-corrected chi connectivity index (χ4v) is 9.18. The van der Waals surface area contributed by atoms with Crippen molar-refractivity contribution in [2.75, 3.05) is 62.7 Å². The van der Waals surface area contributed by atoms with E-state index in [0.717, 1.165) is 59.5 Å². The number of amides is 1. The number of H-pyrrole nitrogens is 1. The van der Waals surface area contributed by atoms with Crippen LogP contribution in [0.15, 0.2) is 95.7 Å². The molecule has 1 aliphatic carbocycles. The number of nitrogens with zero attached hydrogens (tertiary/aromatic N) is 4. The van der Waals surface area contributed by atoms with Crippen molar-refractivity contribution in [1.82, 2.24) is 19.6 Å². The number of nitro groups is 1. The molecule has 2 fully saturated rings. The second-order valence-corrected chi connectivity index (χ2v) is 18.6. The van der Waals surface area contributed by atoms with Crippen molar-refractivity contribution in [3.63, 3.8) is 0 Å². The van der Waals surface area contributed by atoms with Crippen LogP contribution in [0.1, 0.15) is 64.6 Å². The zero-order valence-corrected chi connectivity index (χ0v) is 35.7. The Kier molecular flexibility index (Phi) is 11.6. The highest BCUT2D eigenvalue weighted by molar-refractivity contribution is 7.90. The van der Waals surface area contributed by atoms with E-state index in [1.165, 1.54) is 24.4 Å². The van der Waals surface area contributed by atoms with Crippen LogP contribution in [0.2, 0.25) is 5.02 Å². The second-order valence-electron chi connectivity index (χ2n) is 16.4. The predicted octanol–water partition coefficient (Wildman–Crippen LogP) is 8.66. The number of fused-ring (bicyclic) bond motifs is 1. The van der Waals surface area contributed by atoms with Crippen LogP contribution in [0.3, 0.4) is 0 Å². The summed E-state index contributed by atoms with van der Waals surface area (Å²) in [7, 11) is -4.58. The zero-order chi connectivity index (χ0) is 44.5. The fraction of sp³-hybridized carbons (Fsp3) is 0.378. The van der Waals surface area contributed by atoms with Gasteiger partial charge < -0.3 is 24.7 Å². The van der Waals surface area contributed by atoms with Crippen molar-refractivity contribution in [3.05, 3.63) is 117 Å². The van der Waals surface area contributed by atoms with Gasteiger partial charge in [0.2, 0.25) is 0 Å². The molecule has 0 atom stereocenters. The molecule has 3 N–H and O–H groups in total. The van der Waals surface area contributed by atoms with Crippen LogP contribution in [0, 0.1) is 21.4 Å². The number of sulfonamides is 1. The number of ether oxygens (including phenoxy) is 2. The summed E-state index contributed by atoms with van der Waals surface area (Å²) in [6.45, 7) is 8.91. The smallest absolute Gasteiger partial charge is 0.293 e. The molecule has 0 spiro atoms. The van der Waals surface area contributed by atoms with Crippen molar-refractivity contribution >= 4 is 61.2 Å². The Labute approximate surface area is 363 Å². The number of aromatic nitrogens is 2. The Hall–Kier alpha value is -5.48. The molecule has 14 nitrogen and oxygen atoms in total. The predicted molar refractivity (Wildman–Crippen MR) is 237 cm³/mol. The molecular formula is C45H50ClN7O7S. The molecule has 0 saturated carbocycles. The minimum atomic E-state index is -4.58. The van der Waals surface area contributed by atoms with E-state index in [0.29, 0.717) is 68.9 Å². The van der Waals surface area contributed by atoms with Crippen LogP contribution >= 0.6 is 11.6 Å². The monoisotopic (exact) mass is 869 g/mol. The van der Waals surface area contributed by atoms with E-state index < -0.39 is 43.2 Å². The maximum atomic E-state index is 13.9. The number of allylic oxidation sites excluding steroid dienone is 1.